The third kappa shape index (κ3) is 2.38. The molecule has 0 radical (unpaired) electrons. The van der Waals surface area contributed by atoms with Crippen LogP contribution in [0.5, 0.6) is 0 Å². The Balaban J connectivity index is 1.54. The fraction of sp³-hybridized carbons (Fsp3) is 0.438. The monoisotopic (exact) mass is 323 g/mol. The molecule has 2 aliphatic heterocycles. The Morgan fingerprint density at radius 1 is 1.29 bits per heavy atom. The summed E-state index contributed by atoms with van der Waals surface area (Å²) in [5.74, 6) is 1.08. The van der Waals surface area contributed by atoms with Crippen LogP contribution in [0.4, 0.5) is 10.6 Å². The van der Waals surface area contributed by atoms with Crippen molar-refractivity contribution in [2.45, 2.75) is 38.3 Å². The van der Waals surface area contributed by atoms with Crippen molar-refractivity contribution in [2.24, 2.45) is 5.92 Å². The van der Waals surface area contributed by atoms with Gasteiger partial charge in [-0.15, -0.1) is 0 Å². The van der Waals surface area contributed by atoms with E-state index in [9.17, 15) is 10.1 Å². The van der Waals surface area contributed by atoms with E-state index in [1.807, 2.05) is 4.90 Å². The van der Waals surface area contributed by atoms with Gasteiger partial charge in [0.05, 0.1) is 18.0 Å². The van der Waals surface area contributed by atoms with Crippen molar-refractivity contribution >= 4 is 11.8 Å². The minimum atomic E-state index is -0.125. The van der Waals surface area contributed by atoms with E-state index in [4.69, 9.17) is 0 Å². The molecule has 4 heterocycles. The number of aromatic nitrogens is 4. The average Bonchev–Trinajstić information content (AvgIpc) is 3.08. The second kappa shape index (κ2) is 5.60. The lowest BCUT2D eigenvalue weighted by molar-refractivity contribution is -0.00603. The van der Waals surface area contributed by atoms with Gasteiger partial charge in [-0.05, 0) is 25.2 Å². The first kappa shape index (κ1) is 14.6. The fourth-order valence-electron chi connectivity index (χ4n) is 3.76. The van der Waals surface area contributed by atoms with E-state index >= 15 is 0 Å². The highest BCUT2D eigenvalue weighted by Gasteiger charge is 2.46. The molecule has 122 valence electrons. The van der Waals surface area contributed by atoms with E-state index in [0.29, 0.717) is 35.1 Å². The summed E-state index contributed by atoms with van der Waals surface area (Å²) in [6, 6.07) is 4.23. The first-order chi connectivity index (χ1) is 11.7. The zero-order chi connectivity index (χ0) is 16.7. The van der Waals surface area contributed by atoms with E-state index in [2.05, 4.69) is 33.5 Å². The molecule has 0 aromatic carbocycles. The van der Waals surface area contributed by atoms with E-state index in [-0.39, 0.29) is 6.03 Å². The zero-order valence-electron chi connectivity index (χ0n) is 13.3. The number of amides is 2. The van der Waals surface area contributed by atoms with Gasteiger partial charge in [0.1, 0.15) is 17.6 Å². The van der Waals surface area contributed by atoms with Crippen molar-refractivity contribution in [3.8, 4) is 11.8 Å². The quantitative estimate of drug-likeness (QED) is 0.910. The summed E-state index contributed by atoms with van der Waals surface area (Å²) in [6.07, 6.45) is 7.71. The average molecular weight is 323 g/mol. The van der Waals surface area contributed by atoms with Gasteiger partial charge >= 0.3 is 6.03 Å². The van der Waals surface area contributed by atoms with E-state index in [0.717, 1.165) is 19.3 Å². The summed E-state index contributed by atoms with van der Waals surface area (Å²) >= 11 is 0. The van der Waals surface area contributed by atoms with Crippen LogP contribution in [0, 0.1) is 17.2 Å². The normalized spacial score (nSPS) is 24.8. The highest BCUT2D eigenvalue weighted by molar-refractivity contribution is 5.90. The number of anilines is 1. The highest BCUT2D eigenvalue weighted by atomic mass is 16.2. The van der Waals surface area contributed by atoms with E-state index in [1.54, 1.807) is 6.07 Å². The van der Waals surface area contributed by atoms with Gasteiger partial charge in [0.2, 0.25) is 0 Å². The molecule has 2 bridgehead atoms. The van der Waals surface area contributed by atoms with Crippen LogP contribution in [-0.4, -0.2) is 43.0 Å². The molecule has 24 heavy (non-hydrogen) atoms. The van der Waals surface area contributed by atoms with E-state index in [1.165, 1.54) is 23.4 Å². The van der Waals surface area contributed by atoms with Crippen LogP contribution in [0.3, 0.4) is 0 Å². The van der Waals surface area contributed by atoms with Gasteiger partial charge in [0, 0.05) is 24.3 Å². The first-order valence-corrected chi connectivity index (χ1v) is 8.02. The SMILES string of the molecule is CC1CC2C[C@@H](C1)N2C(=O)Nc1cc(-n2nccn2)c(C#N)cn1. The zero-order valence-corrected chi connectivity index (χ0v) is 13.3. The van der Waals surface area contributed by atoms with Gasteiger partial charge in [0.15, 0.2) is 0 Å². The van der Waals surface area contributed by atoms with Gasteiger partial charge in [-0.3, -0.25) is 5.32 Å². The fourth-order valence-corrected chi connectivity index (χ4v) is 3.76. The predicted molar refractivity (Wildman–Crippen MR) is 85.3 cm³/mol. The number of piperidine rings is 1. The number of fused-ring (bicyclic) bond motifs is 2. The lowest BCUT2D eigenvalue weighted by Gasteiger charge is -2.54. The number of carbonyl (C=O) groups is 1. The molecule has 1 aliphatic carbocycles. The number of hydrogen-bond acceptors (Lipinski definition) is 5. The molecule has 2 aromatic rings. The molecule has 3 fully saturated rings. The standard InChI is InChI=1S/C16H17N7O/c1-10-4-12-6-13(5-10)22(12)16(24)21-15-7-14(11(8-17)9-18-15)23-19-2-3-20-23/h2-3,7,9-10,12-13H,4-6H2,1H3,(H,18,21,24)/t10?,12-,13?/m1/s1. The number of carbonyl (C=O) groups excluding carboxylic acids is 1. The number of urea groups is 1. The Bertz CT molecular complexity index is 798. The molecular weight excluding hydrogens is 306 g/mol. The van der Waals surface area contributed by atoms with Gasteiger partial charge in [0.25, 0.3) is 0 Å². The molecule has 8 nitrogen and oxygen atoms in total. The summed E-state index contributed by atoms with van der Waals surface area (Å²) in [7, 11) is 0. The molecule has 1 N–H and O–H groups in total. The van der Waals surface area contributed by atoms with Crippen LogP contribution < -0.4 is 5.32 Å². The molecule has 2 amide bonds. The lowest BCUT2D eigenvalue weighted by Crippen LogP contribution is -2.63. The Morgan fingerprint density at radius 2 is 2.00 bits per heavy atom. The maximum absolute atomic E-state index is 12.5. The predicted octanol–water partition coefficient (Wildman–Crippen LogP) is 1.94. The Labute approximate surface area is 139 Å². The van der Waals surface area contributed by atoms with Crippen molar-refractivity contribution in [1.82, 2.24) is 24.9 Å². The minimum absolute atomic E-state index is 0.125. The number of hydrogen-bond donors (Lipinski definition) is 1. The van der Waals surface area contributed by atoms with E-state index < -0.39 is 0 Å². The summed E-state index contributed by atoms with van der Waals surface area (Å²) < 4.78 is 0. The molecule has 3 atom stereocenters. The summed E-state index contributed by atoms with van der Waals surface area (Å²) in [5.41, 5.74) is 0.837. The van der Waals surface area contributed by atoms with Gasteiger partial charge in [-0.25, -0.2) is 9.78 Å². The smallest absolute Gasteiger partial charge is 0.318 e. The Hall–Kier alpha value is -2.95. The molecule has 5 rings (SSSR count). The number of nitriles is 1. The molecule has 3 aliphatic rings. The number of nitrogens with one attached hydrogen (secondary N) is 1. The van der Waals surface area contributed by atoms with Crippen LogP contribution in [-0.2, 0) is 0 Å². The van der Waals surface area contributed by atoms with Crippen molar-refractivity contribution in [1.29, 1.82) is 5.26 Å². The van der Waals surface area contributed by atoms with Crippen LogP contribution in [0.25, 0.3) is 5.69 Å². The molecule has 2 unspecified atom stereocenters. The highest BCUT2D eigenvalue weighted by Crippen LogP contribution is 2.41. The molecule has 0 spiro atoms. The number of pyridine rings is 1. The van der Waals surface area contributed by atoms with Crippen LogP contribution in [0.1, 0.15) is 31.7 Å². The topological polar surface area (TPSA) is 99.7 Å². The molecule has 8 heteroatoms. The maximum Gasteiger partial charge on any atom is 0.323 e. The Kier molecular flexibility index (Phi) is 3.41. The van der Waals surface area contributed by atoms with Gasteiger partial charge in [-0.2, -0.15) is 20.3 Å². The van der Waals surface area contributed by atoms with Crippen LogP contribution in [0.2, 0.25) is 0 Å². The molecule has 2 aromatic heterocycles. The lowest BCUT2D eigenvalue weighted by atomic mass is 9.74. The molecule has 1 saturated carbocycles. The van der Waals surface area contributed by atoms with Crippen LogP contribution in [0.15, 0.2) is 24.7 Å². The second-order valence-corrected chi connectivity index (χ2v) is 6.47. The minimum Gasteiger partial charge on any atom is -0.318 e. The summed E-state index contributed by atoms with van der Waals surface area (Å²) in [4.78, 5) is 20.0. The Morgan fingerprint density at radius 3 is 2.67 bits per heavy atom. The largest absolute Gasteiger partial charge is 0.323 e. The summed E-state index contributed by atoms with van der Waals surface area (Å²) in [6.45, 7) is 2.24. The molecular formula is C16H17N7O. The van der Waals surface area contributed by atoms with Crippen molar-refractivity contribution < 1.29 is 4.79 Å². The van der Waals surface area contributed by atoms with Crippen molar-refractivity contribution in [3.63, 3.8) is 0 Å². The van der Waals surface area contributed by atoms with Gasteiger partial charge in [-0.1, -0.05) is 6.92 Å². The second-order valence-electron chi connectivity index (χ2n) is 6.47. The first-order valence-electron chi connectivity index (χ1n) is 8.02. The number of rotatable bonds is 2. The molecule has 2 saturated heterocycles. The van der Waals surface area contributed by atoms with Crippen molar-refractivity contribution in [3.05, 3.63) is 30.2 Å². The number of nitrogens with zero attached hydrogens (tertiary/aromatic N) is 6. The summed E-state index contributed by atoms with van der Waals surface area (Å²) in [5, 5.41) is 20.1. The third-order valence-electron chi connectivity index (χ3n) is 4.79. The van der Waals surface area contributed by atoms with Gasteiger partial charge < -0.3 is 4.90 Å². The van der Waals surface area contributed by atoms with Crippen LogP contribution >= 0.6 is 0 Å². The maximum atomic E-state index is 12.5. The third-order valence-corrected chi connectivity index (χ3v) is 4.79. The van der Waals surface area contributed by atoms with Crippen molar-refractivity contribution in [2.75, 3.05) is 5.32 Å².